The monoisotopic (exact) mass is 245 g/mol. The number of likely N-dealkylation sites (N-methyl/N-ethyl adjacent to an activating group) is 2. The molecule has 2 heterocycles. The Balaban J connectivity index is 1.92. The van der Waals surface area contributed by atoms with Gasteiger partial charge < -0.3 is 10.2 Å². The Morgan fingerprint density at radius 1 is 1.44 bits per heavy atom. The van der Waals surface area contributed by atoms with E-state index in [1.165, 1.54) is 0 Å². The van der Waals surface area contributed by atoms with Crippen LogP contribution in [0.15, 0.2) is 18.2 Å². The highest BCUT2D eigenvalue weighted by molar-refractivity contribution is 5.38. The second-order valence-electron chi connectivity index (χ2n) is 4.80. The molecule has 1 aromatic rings. The maximum absolute atomic E-state index is 8.80. The fourth-order valence-corrected chi connectivity index (χ4v) is 2.14. The normalized spacial score (nSPS) is 21.5. The quantitative estimate of drug-likeness (QED) is 0.845. The van der Waals surface area contributed by atoms with Gasteiger partial charge in [0.25, 0.3) is 0 Å². The van der Waals surface area contributed by atoms with Crippen LogP contribution in [0.1, 0.15) is 5.69 Å². The Hall–Kier alpha value is -1.64. The Labute approximate surface area is 108 Å². The number of anilines is 1. The summed E-state index contributed by atoms with van der Waals surface area (Å²) in [5, 5.41) is 12.1. The molecule has 0 radical (unpaired) electrons. The van der Waals surface area contributed by atoms with Crippen LogP contribution in [-0.4, -0.2) is 61.1 Å². The Kier molecular flexibility index (Phi) is 4.13. The lowest BCUT2D eigenvalue weighted by Crippen LogP contribution is -2.52. The zero-order chi connectivity index (χ0) is 13.0. The van der Waals surface area contributed by atoms with E-state index in [1.807, 2.05) is 12.1 Å². The second-order valence-corrected chi connectivity index (χ2v) is 4.80. The first-order chi connectivity index (χ1) is 8.69. The first-order valence-corrected chi connectivity index (χ1v) is 6.19. The average Bonchev–Trinajstić information content (AvgIpc) is 2.40. The molecule has 1 aromatic heterocycles. The smallest absolute Gasteiger partial charge is 0.142 e. The molecule has 96 valence electrons. The first-order valence-electron chi connectivity index (χ1n) is 6.19. The van der Waals surface area contributed by atoms with Crippen molar-refractivity contribution < 1.29 is 0 Å². The van der Waals surface area contributed by atoms with Gasteiger partial charge in [0.15, 0.2) is 0 Å². The van der Waals surface area contributed by atoms with E-state index in [-0.39, 0.29) is 0 Å². The van der Waals surface area contributed by atoms with Crippen molar-refractivity contribution in [3.05, 3.63) is 23.9 Å². The molecule has 0 aliphatic carbocycles. The highest BCUT2D eigenvalue weighted by Gasteiger charge is 2.21. The van der Waals surface area contributed by atoms with Crippen LogP contribution in [0.2, 0.25) is 0 Å². The van der Waals surface area contributed by atoms with E-state index >= 15 is 0 Å². The van der Waals surface area contributed by atoms with Crippen LogP contribution >= 0.6 is 0 Å². The third-order valence-electron chi connectivity index (χ3n) is 3.36. The van der Waals surface area contributed by atoms with Crippen molar-refractivity contribution in [1.82, 2.24) is 14.8 Å². The Bertz CT molecular complexity index is 439. The van der Waals surface area contributed by atoms with Crippen LogP contribution in [-0.2, 0) is 0 Å². The van der Waals surface area contributed by atoms with Crippen molar-refractivity contribution in [2.24, 2.45) is 0 Å². The third-order valence-corrected chi connectivity index (χ3v) is 3.36. The molecule has 0 aromatic carbocycles. The molecular weight excluding hydrogens is 226 g/mol. The first kappa shape index (κ1) is 12.8. The molecule has 1 aliphatic heterocycles. The Morgan fingerprint density at radius 3 is 3.06 bits per heavy atom. The maximum Gasteiger partial charge on any atom is 0.142 e. The van der Waals surface area contributed by atoms with Crippen molar-refractivity contribution >= 4 is 5.82 Å². The fraction of sp³-hybridized carbons (Fsp3) is 0.538. The molecule has 5 heteroatoms. The summed E-state index contributed by atoms with van der Waals surface area (Å²) in [7, 11) is 4.30. The number of nitriles is 1. The van der Waals surface area contributed by atoms with Crippen molar-refractivity contribution in [1.29, 1.82) is 5.26 Å². The van der Waals surface area contributed by atoms with E-state index in [0.29, 0.717) is 11.7 Å². The maximum atomic E-state index is 8.80. The van der Waals surface area contributed by atoms with Crippen LogP contribution in [0, 0.1) is 11.3 Å². The van der Waals surface area contributed by atoms with Gasteiger partial charge in [-0.1, -0.05) is 6.07 Å². The van der Waals surface area contributed by atoms with Crippen LogP contribution < -0.4 is 5.32 Å². The van der Waals surface area contributed by atoms with Gasteiger partial charge in [0.05, 0.1) is 0 Å². The van der Waals surface area contributed by atoms with Gasteiger partial charge in [0, 0.05) is 32.2 Å². The number of rotatable bonds is 3. The predicted octanol–water partition coefficient (Wildman–Crippen LogP) is 0.611. The molecule has 0 saturated carbocycles. The summed E-state index contributed by atoms with van der Waals surface area (Å²) >= 11 is 0. The van der Waals surface area contributed by atoms with E-state index in [0.717, 1.165) is 32.0 Å². The molecule has 1 saturated heterocycles. The van der Waals surface area contributed by atoms with Crippen molar-refractivity contribution in [2.45, 2.75) is 6.04 Å². The fourth-order valence-electron chi connectivity index (χ4n) is 2.14. The summed E-state index contributed by atoms with van der Waals surface area (Å²) in [4.78, 5) is 8.92. The van der Waals surface area contributed by atoms with Gasteiger partial charge in [-0.05, 0) is 26.2 Å². The topological polar surface area (TPSA) is 55.2 Å². The van der Waals surface area contributed by atoms with Gasteiger partial charge in [-0.3, -0.25) is 4.90 Å². The number of nitrogens with zero attached hydrogens (tertiary/aromatic N) is 4. The summed E-state index contributed by atoms with van der Waals surface area (Å²) in [6.07, 6.45) is 0. The van der Waals surface area contributed by atoms with E-state index in [4.69, 9.17) is 5.26 Å². The Morgan fingerprint density at radius 2 is 2.28 bits per heavy atom. The molecular formula is C13H19N5. The molecule has 0 spiro atoms. The van der Waals surface area contributed by atoms with Crippen molar-refractivity contribution in [3.63, 3.8) is 0 Å². The third kappa shape index (κ3) is 3.19. The highest BCUT2D eigenvalue weighted by Crippen LogP contribution is 2.08. The van der Waals surface area contributed by atoms with Gasteiger partial charge in [-0.2, -0.15) is 5.26 Å². The van der Waals surface area contributed by atoms with Crippen LogP contribution in [0.25, 0.3) is 0 Å². The van der Waals surface area contributed by atoms with Crippen molar-refractivity contribution in [2.75, 3.05) is 45.6 Å². The average molecular weight is 245 g/mol. The highest BCUT2D eigenvalue weighted by atomic mass is 15.3. The minimum Gasteiger partial charge on any atom is -0.368 e. The molecule has 1 N–H and O–H groups in total. The molecule has 18 heavy (non-hydrogen) atoms. The number of hydrogen-bond donors (Lipinski definition) is 1. The van der Waals surface area contributed by atoms with Crippen LogP contribution in [0.5, 0.6) is 0 Å². The number of nitrogens with one attached hydrogen (secondary N) is 1. The number of piperazine rings is 1. The van der Waals surface area contributed by atoms with E-state index in [2.05, 4.69) is 40.3 Å². The van der Waals surface area contributed by atoms with Gasteiger partial charge in [0.1, 0.15) is 17.6 Å². The summed E-state index contributed by atoms with van der Waals surface area (Å²) < 4.78 is 0. The minimum atomic E-state index is 0.453. The number of hydrogen-bond acceptors (Lipinski definition) is 5. The molecule has 0 bridgehead atoms. The van der Waals surface area contributed by atoms with Crippen molar-refractivity contribution in [3.8, 4) is 6.07 Å². The molecule has 1 aliphatic rings. The lowest BCUT2D eigenvalue weighted by Gasteiger charge is -2.37. The lowest BCUT2D eigenvalue weighted by molar-refractivity contribution is 0.122. The molecule has 5 nitrogen and oxygen atoms in total. The van der Waals surface area contributed by atoms with E-state index in [9.17, 15) is 0 Å². The van der Waals surface area contributed by atoms with Gasteiger partial charge in [-0.25, -0.2) is 4.98 Å². The zero-order valence-electron chi connectivity index (χ0n) is 10.9. The van der Waals surface area contributed by atoms with Crippen LogP contribution in [0.3, 0.4) is 0 Å². The standard InChI is InChI=1S/C13H19N5/c1-17-6-7-18(2)12(10-17)9-15-13-5-3-4-11(8-14)16-13/h3-5,12H,6-7,9-10H2,1-2H3,(H,15,16). The second kappa shape index (κ2) is 5.80. The molecule has 1 unspecified atom stereocenters. The summed E-state index contributed by atoms with van der Waals surface area (Å²) in [5.74, 6) is 0.774. The number of pyridine rings is 1. The SMILES string of the molecule is CN1CCN(C)C(CNc2cccc(C#N)n2)C1. The summed E-state index contributed by atoms with van der Waals surface area (Å²) in [5.41, 5.74) is 0.453. The molecule has 1 fully saturated rings. The summed E-state index contributed by atoms with van der Waals surface area (Å²) in [6, 6.07) is 8.00. The number of aromatic nitrogens is 1. The molecule has 1 atom stereocenters. The largest absolute Gasteiger partial charge is 0.368 e. The lowest BCUT2D eigenvalue weighted by atomic mass is 10.2. The van der Waals surface area contributed by atoms with Crippen LogP contribution in [0.4, 0.5) is 5.82 Å². The van der Waals surface area contributed by atoms with E-state index in [1.54, 1.807) is 6.07 Å². The predicted molar refractivity (Wildman–Crippen MR) is 71.4 cm³/mol. The van der Waals surface area contributed by atoms with Gasteiger partial charge in [0.2, 0.25) is 0 Å². The minimum absolute atomic E-state index is 0.453. The molecule has 2 rings (SSSR count). The van der Waals surface area contributed by atoms with E-state index < -0.39 is 0 Å². The summed E-state index contributed by atoms with van der Waals surface area (Å²) in [6.45, 7) is 4.12. The molecule has 0 amide bonds. The van der Waals surface area contributed by atoms with Gasteiger partial charge >= 0.3 is 0 Å². The zero-order valence-corrected chi connectivity index (χ0v) is 10.9. The van der Waals surface area contributed by atoms with Gasteiger partial charge in [-0.15, -0.1) is 0 Å².